The van der Waals surface area contributed by atoms with Gasteiger partial charge in [-0.05, 0) is 12.8 Å². The van der Waals surface area contributed by atoms with E-state index in [-0.39, 0.29) is 5.79 Å². The zero-order valence-corrected chi connectivity index (χ0v) is 10.1. The summed E-state index contributed by atoms with van der Waals surface area (Å²) in [7, 11) is 0. The zero-order valence-electron chi connectivity index (χ0n) is 10.1. The van der Waals surface area contributed by atoms with Gasteiger partial charge in [0.25, 0.3) is 0 Å². The number of rotatable bonds is 1. The van der Waals surface area contributed by atoms with Gasteiger partial charge in [-0.25, -0.2) is 0 Å². The Labute approximate surface area is 98.1 Å². The molecule has 0 aromatic heterocycles. The Balaban J connectivity index is 1.53. The van der Waals surface area contributed by atoms with Crippen LogP contribution in [-0.4, -0.2) is 43.0 Å². The maximum atomic E-state index is 5.77. The Morgan fingerprint density at radius 2 is 1.50 bits per heavy atom. The van der Waals surface area contributed by atoms with Crippen LogP contribution >= 0.6 is 0 Å². The van der Waals surface area contributed by atoms with E-state index in [0.717, 1.165) is 32.1 Å². The van der Waals surface area contributed by atoms with Crippen LogP contribution in [0.2, 0.25) is 0 Å². The zero-order chi connectivity index (χ0) is 10.8. The van der Waals surface area contributed by atoms with E-state index in [2.05, 4.69) is 4.90 Å². The van der Waals surface area contributed by atoms with Crippen molar-refractivity contribution in [1.82, 2.24) is 4.90 Å². The van der Waals surface area contributed by atoms with Gasteiger partial charge in [-0.3, -0.25) is 4.90 Å². The maximum absolute atomic E-state index is 5.77. The van der Waals surface area contributed by atoms with Crippen LogP contribution in [0.1, 0.15) is 44.9 Å². The van der Waals surface area contributed by atoms with Gasteiger partial charge in [0.1, 0.15) is 0 Å². The molecule has 0 radical (unpaired) electrons. The predicted octanol–water partition coefficient (Wildman–Crippen LogP) is 2.16. The molecule has 3 nitrogen and oxygen atoms in total. The monoisotopic (exact) mass is 225 g/mol. The second kappa shape index (κ2) is 4.63. The minimum absolute atomic E-state index is 0.189. The average Bonchev–Trinajstić information content (AvgIpc) is 2.80. The third kappa shape index (κ3) is 2.13. The lowest BCUT2D eigenvalue weighted by Gasteiger charge is -2.42. The van der Waals surface area contributed by atoms with E-state index in [1.165, 1.54) is 45.2 Å². The summed E-state index contributed by atoms with van der Waals surface area (Å²) in [4.78, 5) is 2.68. The Kier molecular flexibility index (Phi) is 3.18. The van der Waals surface area contributed by atoms with E-state index in [1.807, 2.05) is 0 Å². The molecule has 3 fully saturated rings. The first-order valence-corrected chi connectivity index (χ1v) is 6.90. The molecule has 0 N–H and O–H groups in total. The van der Waals surface area contributed by atoms with Crippen LogP contribution in [0.5, 0.6) is 0 Å². The Morgan fingerprint density at radius 3 is 2.12 bits per heavy atom. The van der Waals surface area contributed by atoms with Crippen molar-refractivity contribution in [1.29, 1.82) is 0 Å². The van der Waals surface area contributed by atoms with Gasteiger partial charge < -0.3 is 9.47 Å². The van der Waals surface area contributed by atoms with E-state index in [0.29, 0.717) is 0 Å². The molecule has 2 aliphatic heterocycles. The fourth-order valence-electron chi connectivity index (χ4n) is 3.46. The van der Waals surface area contributed by atoms with Crippen molar-refractivity contribution in [3.8, 4) is 0 Å². The molecule has 0 atom stereocenters. The summed E-state index contributed by atoms with van der Waals surface area (Å²) >= 11 is 0. The highest BCUT2D eigenvalue weighted by Crippen LogP contribution is 2.34. The second-order valence-corrected chi connectivity index (χ2v) is 5.44. The SMILES string of the molecule is C1CCC(N2CCC3(CC2)OCCO3)CC1. The minimum atomic E-state index is -0.189. The molecular formula is C13H23NO2. The third-order valence-corrected chi connectivity index (χ3v) is 4.46. The fraction of sp³-hybridized carbons (Fsp3) is 1.00. The molecule has 0 amide bonds. The number of likely N-dealkylation sites (tertiary alicyclic amines) is 1. The summed E-state index contributed by atoms with van der Waals surface area (Å²) in [5.74, 6) is -0.189. The molecule has 16 heavy (non-hydrogen) atoms. The van der Waals surface area contributed by atoms with Crippen LogP contribution in [0.4, 0.5) is 0 Å². The van der Waals surface area contributed by atoms with Gasteiger partial charge in [0.2, 0.25) is 0 Å². The largest absolute Gasteiger partial charge is 0.347 e. The van der Waals surface area contributed by atoms with Crippen molar-refractivity contribution >= 4 is 0 Å². The highest BCUT2D eigenvalue weighted by Gasteiger charge is 2.40. The molecule has 1 aliphatic carbocycles. The predicted molar refractivity (Wildman–Crippen MR) is 62.3 cm³/mol. The average molecular weight is 225 g/mol. The maximum Gasteiger partial charge on any atom is 0.170 e. The van der Waals surface area contributed by atoms with Crippen molar-refractivity contribution in [2.45, 2.75) is 56.8 Å². The molecule has 3 heteroatoms. The third-order valence-electron chi connectivity index (χ3n) is 4.46. The summed E-state index contributed by atoms with van der Waals surface area (Å²) in [5.41, 5.74) is 0. The van der Waals surface area contributed by atoms with Crippen LogP contribution in [0.15, 0.2) is 0 Å². The first-order chi connectivity index (χ1) is 7.88. The standard InChI is InChI=1S/C13H23NO2/c1-2-4-12(5-3-1)14-8-6-13(7-9-14)15-10-11-16-13/h12H,1-11H2. The lowest BCUT2D eigenvalue weighted by Crippen LogP contribution is -2.49. The van der Waals surface area contributed by atoms with Crippen molar-refractivity contribution < 1.29 is 9.47 Å². The van der Waals surface area contributed by atoms with Crippen molar-refractivity contribution in [2.75, 3.05) is 26.3 Å². The Hall–Kier alpha value is -0.120. The van der Waals surface area contributed by atoms with Gasteiger partial charge in [0.15, 0.2) is 5.79 Å². The molecule has 0 bridgehead atoms. The molecule has 92 valence electrons. The molecule has 2 saturated heterocycles. The summed E-state index contributed by atoms with van der Waals surface area (Å²) in [6, 6.07) is 0.854. The molecule has 2 heterocycles. The molecule has 1 saturated carbocycles. The molecule has 3 aliphatic rings. The lowest BCUT2D eigenvalue weighted by atomic mass is 9.92. The highest BCUT2D eigenvalue weighted by atomic mass is 16.7. The quantitative estimate of drug-likeness (QED) is 0.682. The van der Waals surface area contributed by atoms with Gasteiger partial charge >= 0.3 is 0 Å². The van der Waals surface area contributed by atoms with Crippen LogP contribution in [0, 0.1) is 0 Å². The van der Waals surface area contributed by atoms with Gasteiger partial charge in [0.05, 0.1) is 13.2 Å². The number of piperidine rings is 1. The summed E-state index contributed by atoms with van der Waals surface area (Å²) < 4.78 is 11.5. The van der Waals surface area contributed by atoms with Gasteiger partial charge in [0, 0.05) is 32.0 Å². The lowest BCUT2D eigenvalue weighted by molar-refractivity contribution is -0.188. The van der Waals surface area contributed by atoms with Crippen LogP contribution in [0.3, 0.4) is 0 Å². The summed E-state index contributed by atoms with van der Waals surface area (Å²) in [6.45, 7) is 3.93. The van der Waals surface area contributed by atoms with Crippen molar-refractivity contribution in [3.05, 3.63) is 0 Å². The van der Waals surface area contributed by atoms with Crippen molar-refractivity contribution in [2.24, 2.45) is 0 Å². The number of hydrogen-bond acceptors (Lipinski definition) is 3. The van der Waals surface area contributed by atoms with E-state index in [1.54, 1.807) is 0 Å². The van der Waals surface area contributed by atoms with E-state index < -0.39 is 0 Å². The molecule has 3 rings (SSSR count). The minimum Gasteiger partial charge on any atom is -0.347 e. The van der Waals surface area contributed by atoms with E-state index in [9.17, 15) is 0 Å². The molecule has 0 aromatic carbocycles. The van der Waals surface area contributed by atoms with E-state index >= 15 is 0 Å². The number of hydrogen-bond donors (Lipinski definition) is 0. The normalized spacial score (nSPS) is 32.2. The fourth-order valence-corrected chi connectivity index (χ4v) is 3.46. The van der Waals surface area contributed by atoms with Crippen LogP contribution < -0.4 is 0 Å². The highest BCUT2D eigenvalue weighted by molar-refractivity contribution is 4.86. The van der Waals surface area contributed by atoms with Gasteiger partial charge in [-0.15, -0.1) is 0 Å². The number of ether oxygens (including phenoxy) is 2. The first kappa shape index (κ1) is 11.0. The Bertz CT molecular complexity index is 222. The van der Waals surface area contributed by atoms with Crippen molar-refractivity contribution in [3.63, 3.8) is 0 Å². The Morgan fingerprint density at radius 1 is 0.875 bits per heavy atom. The van der Waals surface area contributed by atoms with E-state index in [4.69, 9.17) is 9.47 Å². The molecule has 0 unspecified atom stereocenters. The first-order valence-electron chi connectivity index (χ1n) is 6.90. The molecule has 0 aromatic rings. The molecule has 1 spiro atoms. The van der Waals surface area contributed by atoms with Gasteiger partial charge in [-0.1, -0.05) is 19.3 Å². The van der Waals surface area contributed by atoms with Crippen LogP contribution in [0.25, 0.3) is 0 Å². The van der Waals surface area contributed by atoms with Crippen LogP contribution in [-0.2, 0) is 9.47 Å². The summed E-state index contributed by atoms with van der Waals surface area (Å²) in [6.07, 6.45) is 9.27. The number of nitrogens with zero attached hydrogens (tertiary/aromatic N) is 1. The smallest absolute Gasteiger partial charge is 0.170 e. The van der Waals surface area contributed by atoms with Gasteiger partial charge in [-0.2, -0.15) is 0 Å². The summed E-state index contributed by atoms with van der Waals surface area (Å²) in [5, 5.41) is 0. The second-order valence-electron chi connectivity index (χ2n) is 5.44. The molecular weight excluding hydrogens is 202 g/mol. The topological polar surface area (TPSA) is 21.7 Å².